The molecule has 210 valence electrons. The molecule has 0 amide bonds. The van der Waals surface area contributed by atoms with Gasteiger partial charge in [-0.1, -0.05) is 119 Å². The summed E-state index contributed by atoms with van der Waals surface area (Å²) >= 11 is 0. The Balaban J connectivity index is 1.63. The van der Waals surface area contributed by atoms with E-state index in [1.165, 1.54) is 0 Å². The van der Waals surface area contributed by atoms with Crippen molar-refractivity contribution in [3.05, 3.63) is 108 Å². The fourth-order valence-electron chi connectivity index (χ4n) is 4.98. The molecule has 1 aliphatic rings. The van der Waals surface area contributed by atoms with Gasteiger partial charge in [-0.05, 0) is 47.2 Å². The fourth-order valence-corrected chi connectivity index (χ4v) is 6.32. The van der Waals surface area contributed by atoms with E-state index in [0.717, 1.165) is 23.1 Å². The lowest BCUT2D eigenvalue weighted by molar-refractivity contribution is -0.213. The fraction of sp³-hybridized carbons (Fsp3) is 0.471. The molecule has 3 aromatic rings. The summed E-state index contributed by atoms with van der Waals surface area (Å²) in [6, 6.07) is 31.1. The first-order valence-corrected chi connectivity index (χ1v) is 17.2. The second kappa shape index (κ2) is 13.4. The van der Waals surface area contributed by atoms with E-state index in [1.54, 1.807) is 0 Å². The van der Waals surface area contributed by atoms with Gasteiger partial charge in [0.1, 0.15) is 12.2 Å². The highest BCUT2D eigenvalue weighted by molar-refractivity contribution is 6.74. The molecule has 0 bridgehead atoms. The van der Waals surface area contributed by atoms with Gasteiger partial charge in [0.15, 0.2) is 8.32 Å². The maximum atomic E-state index is 7.09. The molecule has 1 saturated carbocycles. The van der Waals surface area contributed by atoms with E-state index in [-0.39, 0.29) is 35.4 Å². The molecule has 4 rings (SSSR count). The standard InChI is InChI=1S/C34H46O4Si/c1-26-22-30(38-39(5,6)34(2,3)4)32(36-24-28-18-12-8-13-19-28)33(37-25-29-20-14-9-15-21-29)31(26)35-23-27-16-10-7-11-17-27/h7-21,26,30-33H,22-25H2,1-6H3/t26?,30-,31+,32?,33+/m1/s1. The average molecular weight is 547 g/mol. The van der Waals surface area contributed by atoms with Crippen molar-refractivity contribution in [3.8, 4) is 0 Å². The van der Waals surface area contributed by atoms with Crippen molar-refractivity contribution in [2.24, 2.45) is 5.92 Å². The molecule has 2 unspecified atom stereocenters. The van der Waals surface area contributed by atoms with Gasteiger partial charge in [-0.15, -0.1) is 0 Å². The Morgan fingerprint density at radius 2 is 1.00 bits per heavy atom. The first-order chi connectivity index (χ1) is 18.6. The molecule has 5 atom stereocenters. The molecule has 0 heterocycles. The van der Waals surface area contributed by atoms with Crippen LogP contribution in [0.5, 0.6) is 0 Å². The average Bonchev–Trinajstić information content (AvgIpc) is 2.91. The van der Waals surface area contributed by atoms with Crippen molar-refractivity contribution in [1.29, 1.82) is 0 Å². The summed E-state index contributed by atoms with van der Waals surface area (Å²) in [4.78, 5) is 0. The van der Waals surface area contributed by atoms with E-state index in [4.69, 9.17) is 18.6 Å². The highest BCUT2D eigenvalue weighted by atomic mass is 28.4. The second-order valence-corrected chi connectivity index (χ2v) is 17.2. The van der Waals surface area contributed by atoms with Crippen LogP contribution in [0.25, 0.3) is 0 Å². The Labute approximate surface area is 236 Å². The molecule has 3 aromatic carbocycles. The summed E-state index contributed by atoms with van der Waals surface area (Å²) in [5.74, 6) is 0.251. The van der Waals surface area contributed by atoms with Crippen LogP contribution in [0.3, 0.4) is 0 Å². The molecule has 39 heavy (non-hydrogen) atoms. The van der Waals surface area contributed by atoms with E-state index < -0.39 is 8.32 Å². The van der Waals surface area contributed by atoms with Gasteiger partial charge in [-0.3, -0.25) is 0 Å². The van der Waals surface area contributed by atoms with Crippen LogP contribution in [-0.2, 0) is 38.5 Å². The first-order valence-electron chi connectivity index (χ1n) is 14.3. The number of ether oxygens (including phenoxy) is 3. The van der Waals surface area contributed by atoms with Crippen LogP contribution in [0.2, 0.25) is 18.1 Å². The zero-order chi connectivity index (χ0) is 27.9. The third-order valence-corrected chi connectivity index (χ3v) is 12.8. The minimum atomic E-state index is -2.06. The SMILES string of the molecule is CC1C[C@@H](O[Si](C)(C)C(C)(C)C)C(OCc2ccccc2)[C@@H](OCc2ccccc2)[C@H]1OCc1ccccc1. The maximum Gasteiger partial charge on any atom is 0.192 e. The molecule has 0 saturated heterocycles. The van der Waals surface area contributed by atoms with Crippen molar-refractivity contribution in [2.45, 2.75) is 96.5 Å². The summed E-state index contributed by atoms with van der Waals surface area (Å²) in [7, 11) is -2.06. The quantitative estimate of drug-likeness (QED) is 0.227. The van der Waals surface area contributed by atoms with Gasteiger partial charge >= 0.3 is 0 Å². The lowest BCUT2D eigenvalue weighted by Gasteiger charge is -2.49. The van der Waals surface area contributed by atoms with Gasteiger partial charge < -0.3 is 18.6 Å². The minimum absolute atomic E-state index is 0.0676. The van der Waals surface area contributed by atoms with Gasteiger partial charge in [0, 0.05) is 0 Å². The smallest absolute Gasteiger partial charge is 0.192 e. The zero-order valence-corrected chi connectivity index (χ0v) is 25.5. The summed E-state index contributed by atoms with van der Waals surface area (Å²) < 4.78 is 27.3. The normalized spacial score (nSPS) is 24.0. The van der Waals surface area contributed by atoms with Gasteiger partial charge in [0.25, 0.3) is 0 Å². The monoisotopic (exact) mass is 546 g/mol. The lowest BCUT2D eigenvalue weighted by Crippen LogP contribution is -2.59. The molecule has 0 aliphatic heterocycles. The molecule has 0 spiro atoms. The van der Waals surface area contributed by atoms with Crippen LogP contribution >= 0.6 is 0 Å². The molecule has 5 heteroatoms. The number of hydrogen-bond acceptors (Lipinski definition) is 4. The van der Waals surface area contributed by atoms with E-state index in [2.05, 4.69) is 114 Å². The number of benzene rings is 3. The van der Waals surface area contributed by atoms with Crippen molar-refractivity contribution in [1.82, 2.24) is 0 Å². The zero-order valence-electron chi connectivity index (χ0n) is 24.5. The molecular formula is C34H46O4Si. The molecule has 1 fully saturated rings. The van der Waals surface area contributed by atoms with Gasteiger partial charge in [0.2, 0.25) is 0 Å². The van der Waals surface area contributed by atoms with Gasteiger partial charge in [-0.2, -0.15) is 0 Å². The van der Waals surface area contributed by atoms with Crippen LogP contribution in [-0.4, -0.2) is 32.7 Å². The Morgan fingerprint density at radius 1 is 0.615 bits per heavy atom. The summed E-state index contributed by atoms with van der Waals surface area (Å²) in [5.41, 5.74) is 3.44. The van der Waals surface area contributed by atoms with E-state index in [1.807, 2.05) is 18.2 Å². The van der Waals surface area contributed by atoms with E-state index >= 15 is 0 Å². The minimum Gasteiger partial charge on any atom is -0.411 e. The van der Waals surface area contributed by atoms with Crippen LogP contribution in [0.4, 0.5) is 0 Å². The molecule has 4 nitrogen and oxygen atoms in total. The Morgan fingerprint density at radius 3 is 1.41 bits per heavy atom. The molecular weight excluding hydrogens is 500 g/mol. The predicted molar refractivity (Wildman–Crippen MR) is 161 cm³/mol. The van der Waals surface area contributed by atoms with Crippen LogP contribution in [0.15, 0.2) is 91.0 Å². The third-order valence-electron chi connectivity index (χ3n) is 8.29. The summed E-state index contributed by atoms with van der Waals surface area (Å²) in [6.07, 6.45) is 0.170. The Bertz CT molecular complexity index is 1110. The molecule has 1 aliphatic carbocycles. The predicted octanol–water partition coefficient (Wildman–Crippen LogP) is 8.17. The second-order valence-electron chi connectivity index (χ2n) is 12.4. The molecule has 0 radical (unpaired) electrons. The van der Waals surface area contributed by atoms with Crippen molar-refractivity contribution < 1.29 is 18.6 Å². The van der Waals surface area contributed by atoms with Crippen molar-refractivity contribution in [2.75, 3.05) is 0 Å². The van der Waals surface area contributed by atoms with Crippen molar-refractivity contribution >= 4 is 8.32 Å². The van der Waals surface area contributed by atoms with E-state index in [0.29, 0.717) is 19.8 Å². The molecule has 0 N–H and O–H groups in total. The largest absolute Gasteiger partial charge is 0.411 e. The highest BCUT2D eigenvalue weighted by Gasteiger charge is 2.49. The highest BCUT2D eigenvalue weighted by Crippen LogP contribution is 2.42. The van der Waals surface area contributed by atoms with Crippen LogP contribution in [0, 0.1) is 5.92 Å². The number of rotatable bonds is 11. The number of hydrogen-bond donors (Lipinski definition) is 0. The Kier molecular flexibility index (Phi) is 10.2. The molecule has 0 aromatic heterocycles. The lowest BCUT2D eigenvalue weighted by atomic mass is 9.81. The third kappa shape index (κ3) is 8.12. The topological polar surface area (TPSA) is 36.9 Å². The van der Waals surface area contributed by atoms with Gasteiger partial charge in [0.05, 0.1) is 32.0 Å². The maximum absolute atomic E-state index is 7.09. The summed E-state index contributed by atoms with van der Waals surface area (Å²) in [5, 5.41) is 0.0985. The summed E-state index contributed by atoms with van der Waals surface area (Å²) in [6.45, 7) is 15.3. The Hall–Kier alpha value is -2.28. The van der Waals surface area contributed by atoms with Crippen LogP contribution < -0.4 is 0 Å². The van der Waals surface area contributed by atoms with Gasteiger partial charge in [-0.25, -0.2) is 0 Å². The van der Waals surface area contributed by atoms with E-state index in [9.17, 15) is 0 Å². The van der Waals surface area contributed by atoms with Crippen LogP contribution in [0.1, 0.15) is 50.8 Å². The van der Waals surface area contributed by atoms with Crippen molar-refractivity contribution in [3.63, 3.8) is 0 Å². The first kappa shape index (κ1) is 29.7.